The number of hydrogen-bond donors (Lipinski definition) is 1. The fourth-order valence-electron chi connectivity index (χ4n) is 8.07. The number of aromatic nitrogens is 6. The van der Waals surface area contributed by atoms with Crippen LogP contribution in [0.1, 0.15) is 70.2 Å². The molecule has 0 radical (unpaired) electrons. The molecule has 0 spiro atoms. The summed E-state index contributed by atoms with van der Waals surface area (Å²) in [6.07, 6.45) is 7.50. The minimum atomic E-state index is -1.30. The predicted octanol–water partition coefficient (Wildman–Crippen LogP) is 10.5. The Bertz CT molecular complexity index is 2360. The van der Waals surface area contributed by atoms with Crippen LogP contribution in [-0.4, -0.2) is 104 Å². The summed E-state index contributed by atoms with van der Waals surface area (Å²) in [7, 11) is -2.60. The number of likely N-dealkylation sites (tertiary alicyclic amines) is 2. The van der Waals surface area contributed by atoms with Gasteiger partial charge >= 0.3 is 12.2 Å². The fourth-order valence-corrected chi connectivity index (χ4v) is 9.59. The summed E-state index contributed by atoms with van der Waals surface area (Å²) < 4.78 is 22.5. The van der Waals surface area contributed by atoms with Gasteiger partial charge in [-0.05, 0) is 76.2 Å². The van der Waals surface area contributed by atoms with Crippen LogP contribution >= 0.6 is 0 Å². The summed E-state index contributed by atoms with van der Waals surface area (Å²) in [5, 5.41) is 10.8. The molecule has 332 valence electrons. The highest BCUT2D eigenvalue weighted by Crippen LogP contribution is 2.37. The van der Waals surface area contributed by atoms with Crippen LogP contribution in [-0.2, 0) is 27.7 Å². The average molecular weight is 881 g/mol. The molecule has 16 heteroatoms. The van der Waals surface area contributed by atoms with Crippen LogP contribution in [0.5, 0.6) is 0 Å². The van der Waals surface area contributed by atoms with Gasteiger partial charge in [-0.15, -0.1) is 0 Å². The molecule has 14 nitrogen and oxygen atoms in total. The van der Waals surface area contributed by atoms with Gasteiger partial charge in [-0.25, -0.2) is 29.5 Å². The lowest BCUT2D eigenvalue weighted by Gasteiger charge is -2.29. The maximum atomic E-state index is 13.3. The minimum Gasteiger partial charge on any atom is -0.465 e. The molecule has 7 rings (SSSR count). The second-order valence-electron chi connectivity index (χ2n) is 20.1. The van der Waals surface area contributed by atoms with Gasteiger partial charge in [0, 0.05) is 65.2 Å². The van der Waals surface area contributed by atoms with E-state index in [1.807, 2.05) is 68.2 Å². The van der Waals surface area contributed by atoms with E-state index in [9.17, 15) is 14.7 Å². The van der Waals surface area contributed by atoms with E-state index in [1.165, 1.54) is 4.90 Å². The van der Waals surface area contributed by atoms with Gasteiger partial charge in [0.25, 0.3) is 0 Å². The van der Waals surface area contributed by atoms with E-state index in [4.69, 9.17) is 34.1 Å². The van der Waals surface area contributed by atoms with Crippen molar-refractivity contribution < 1.29 is 28.9 Å². The van der Waals surface area contributed by atoms with E-state index in [0.29, 0.717) is 51.4 Å². The van der Waals surface area contributed by atoms with Gasteiger partial charge in [0.1, 0.15) is 30.7 Å². The molecule has 0 saturated carbocycles. The number of rotatable bonds is 15. The molecule has 2 fully saturated rings. The molecule has 2 amide bonds. The molecule has 5 aromatic rings. The van der Waals surface area contributed by atoms with Gasteiger partial charge in [-0.1, -0.05) is 69.6 Å². The topological polar surface area (TPSA) is 150 Å². The number of imidazole rings is 2. The van der Waals surface area contributed by atoms with E-state index >= 15 is 0 Å². The Morgan fingerprint density at radius 1 is 0.710 bits per heavy atom. The van der Waals surface area contributed by atoms with E-state index in [-0.39, 0.29) is 18.2 Å². The van der Waals surface area contributed by atoms with Crippen LogP contribution in [0.25, 0.3) is 44.8 Å². The molecule has 2 atom stereocenters. The van der Waals surface area contributed by atoms with Gasteiger partial charge in [0.05, 0.1) is 41.4 Å². The molecule has 5 heterocycles. The SMILES string of the molecule is CC(C)(C)OC(=O)N1CCC[C@H]1c1ncc(-c2ccc(-c3ncc4cc(-c5cnc([C@@H]6CCCN6C(=O)O)n5COCC[Si](C)(C)C)ccc4n3)cc2)n1COCC[Si](C)(C)C. The second kappa shape index (κ2) is 18.4. The lowest BCUT2D eigenvalue weighted by atomic mass is 10.1. The number of ether oxygens (including phenoxy) is 3. The lowest BCUT2D eigenvalue weighted by molar-refractivity contribution is 0.0204. The molecule has 2 aliphatic rings. The van der Waals surface area contributed by atoms with Crippen molar-refractivity contribution in [3.8, 4) is 33.9 Å². The van der Waals surface area contributed by atoms with E-state index in [0.717, 1.165) is 82.6 Å². The molecule has 3 aromatic heterocycles. The molecular weight excluding hydrogens is 817 g/mol. The first-order valence-electron chi connectivity index (χ1n) is 22.0. The number of hydrogen-bond acceptors (Lipinski definition) is 9. The van der Waals surface area contributed by atoms with Crippen molar-refractivity contribution in [2.45, 2.75) is 129 Å². The Labute approximate surface area is 367 Å². The number of fused-ring (bicyclic) bond motifs is 1. The number of carboxylic acid groups (broad SMARTS) is 1. The normalized spacial score (nSPS) is 17.4. The van der Waals surface area contributed by atoms with Gasteiger partial charge in [-0.2, -0.15) is 0 Å². The largest absolute Gasteiger partial charge is 0.465 e. The molecule has 1 N–H and O–H groups in total. The summed E-state index contributed by atoms with van der Waals surface area (Å²) in [5.74, 6) is 2.11. The monoisotopic (exact) mass is 880 g/mol. The summed E-state index contributed by atoms with van der Waals surface area (Å²) in [6.45, 7) is 22.7. The first-order valence-corrected chi connectivity index (χ1v) is 29.4. The van der Waals surface area contributed by atoms with Crippen molar-refractivity contribution >= 4 is 39.2 Å². The smallest absolute Gasteiger partial charge is 0.410 e. The number of nitrogens with zero attached hydrogens (tertiary/aromatic N) is 8. The zero-order chi connectivity index (χ0) is 44.4. The van der Waals surface area contributed by atoms with E-state index in [1.54, 1.807) is 4.90 Å². The van der Waals surface area contributed by atoms with E-state index in [2.05, 4.69) is 62.0 Å². The molecule has 0 unspecified atom stereocenters. The summed E-state index contributed by atoms with van der Waals surface area (Å²) in [6, 6.07) is 15.8. The quantitative estimate of drug-likeness (QED) is 0.0795. The molecule has 0 bridgehead atoms. The fraction of sp³-hybridized carbons (Fsp3) is 0.522. The van der Waals surface area contributed by atoms with Crippen molar-refractivity contribution in [3.63, 3.8) is 0 Å². The van der Waals surface area contributed by atoms with Crippen molar-refractivity contribution in [1.29, 1.82) is 0 Å². The van der Waals surface area contributed by atoms with Crippen molar-refractivity contribution in [2.75, 3.05) is 26.3 Å². The third-order valence-corrected chi connectivity index (χ3v) is 14.9. The predicted molar refractivity (Wildman–Crippen MR) is 247 cm³/mol. The summed E-state index contributed by atoms with van der Waals surface area (Å²) >= 11 is 0. The van der Waals surface area contributed by atoms with Crippen LogP contribution in [0.4, 0.5) is 9.59 Å². The highest BCUT2D eigenvalue weighted by Gasteiger charge is 2.37. The number of carbonyl (C=O) groups excluding carboxylic acids is 1. The number of amides is 2. The Hall–Kier alpha value is -4.91. The van der Waals surface area contributed by atoms with Crippen molar-refractivity contribution in [1.82, 2.24) is 38.9 Å². The van der Waals surface area contributed by atoms with Gasteiger partial charge < -0.3 is 28.5 Å². The minimum absolute atomic E-state index is 0.213. The highest BCUT2D eigenvalue weighted by atomic mass is 28.3. The van der Waals surface area contributed by atoms with Crippen LogP contribution in [0, 0.1) is 0 Å². The Morgan fingerprint density at radius 2 is 1.23 bits per heavy atom. The number of carbonyl (C=O) groups is 2. The molecule has 2 saturated heterocycles. The van der Waals surface area contributed by atoms with E-state index < -0.39 is 27.8 Å². The Morgan fingerprint density at radius 3 is 1.77 bits per heavy atom. The van der Waals surface area contributed by atoms with Gasteiger partial charge in [-0.3, -0.25) is 9.80 Å². The Balaban J connectivity index is 1.13. The molecular formula is C46H64N8O6Si2. The third-order valence-electron chi connectivity index (χ3n) is 11.5. The van der Waals surface area contributed by atoms with Crippen molar-refractivity contribution in [2.24, 2.45) is 0 Å². The van der Waals surface area contributed by atoms with Crippen LogP contribution in [0.15, 0.2) is 61.1 Å². The first kappa shape index (κ1) is 45.1. The van der Waals surface area contributed by atoms with Gasteiger partial charge in [0.2, 0.25) is 0 Å². The number of benzene rings is 2. The standard InChI is InChI=1S/C46H64N8O6Si2/c1-46(2,3)60-45(57)52-21-11-13-38(52)43-48-28-39(53(43)30-58-22-24-61(4,5)6)32-14-16-33(17-15-32)41-47-27-35-26-34(18-19-36(35)50-41)40-29-49-42(37-12-10-20-51(37)44(55)56)54(40)31-59-23-25-62(7,8)9/h14-19,26-29,37-38H,10-13,20-25,30-31H2,1-9H3,(H,55,56)/t37-,38-/m0/s1. The van der Waals surface area contributed by atoms with Crippen molar-refractivity contribution in [3.05, 3.63) is 72.7 Å². The zero-order valence-electron chi connectivity index (χ0n) is 38.0. The maximum Gasteiger partial charge on any atom is 0.410 e. The van der Waals surface area contributed by atoms with Gasteiger partial charge in [0.15, 0.2) is 5.82 Å². The average Bonchev–Trinajstić information content (AvgIpc) is 4.03. The molecule has 2 aromatic carbocycles. The van der Waals surface area contributed by atoms with Crippen LogP contribution < -0.4 is 0 Å². The second-order valence-corrected chi connectivity index (χ2v) is 31.3. The molecule has 2 aliphatic heterocycles. The van der Waals surface area contributed by atoms with Crippen LogP contribution in [0.2, 0.25) is 51.4 Å². The first-order chi connectivity index (χ1) is 29.3. The maximum absolute atomic E-state index is 13.3. The van der Waals surface area contributed by atoms with Crippen LogP contribution in [0.3, 0.4) is 0 Å². The Kier molecular flexibility index (Phi) is 13.4. The zero-order valence-corrected chi connectivity index (χ0v) is 40.0. The summed E-state index contributed by atoms with van der Waals surface area (Å²) in [4.78, 5) is 48.2. The third kappa shape index (κ3) is 10.8. The highest BCUT2D eigenvalue weighted by molar-refractivity contribution is 6.76. The lowest BCUT2D eigenvalue weighted by Crippen LogP contribution is -2.37. The molecule has 62 heavy (non-hydrogen) atoms. The summed E-state index contributed by atoms with van der Waals surface area (Å²) in [5.41, 5.74) is 4.76. The molecule has 0 aliphatic carbocycles.